The maximum atomic E-state index is 10.7. The third kappa shape index (κ3) is 2.17. The fraction of sp³-hybridized carbons (Fsp3) is 0. The molecule has 2 rings (SSSR count). The fourth-order valence-corrected chi connectivity index (χ4v) is 1.22. The minimum Gasteiger partial charge on any atom is -0.340 e. The highest BCUT2D eigenvalue weighted by molar-refractivity contribution is 5.85. The number of hydrogen-bond acceptors (Lipinski definition) is 4. The Morgan fingerprint density at radius 3 is 2.80 bits per heavy atom. The molecule has 1 aromatic carbocycles. The summed E-state index contributed by atoms with van der Waals surface area (Å²) in [5.74, 6) is 0.666. The maximum Gasteiger partial charge on any atom is 0.152 e. The minimum absolute atomic E-state index is 0.608. The first-order chi connectivity index (χ1) is 7.40. The molecule has 4 nitrogen and oxygen atoms in total. The Hall–Kier alpha value is -2.23. The predicted molar refractivity (Wildman–Crippen MR) is 57.1 cm³/mol. The highest BCUT2D eigenvalue weighted by Crippen LogP contribution is 2.16. The smallest absolute Gasteiger partial charge is 0.152 e. The van der Waals surface area contributed by atoms with Crippen LogP contribution in [0.15, 0.2) is 42.9 Å². The van der Waals surface area contributed by atoms with Gasteiger partial charge in [-0.2, -0.15) is 0 Å². The van der Waals surface area contributed by atoms with Gasteiger partial charge in [-0.15, -0.1) is 0 Å². The van der Waals surface area contributed by atoms with Crippen LogP contribution in [0.4, 0.5) is 11.5 Å². The molecule has 0 atom stereocenters. The molecular weight excluding hydrogens is 190 g/mol. The number of nitrogens with zero attached hydrogens (tertiary/aromatic N) is 2. The van der Waals surface area contributed by atoms with Gasteiger partial charge in [0.15, 0.2) is 6.29 Å². The van der Waals surface area contributed by atoms with Crippen molar-refractivity contribution in [3.63, 3.8) is 0 Å². The Labute approximate surface area is 87.0 Å². The molecule has 0 spiro atoms. The van der Waals surface area contributed by atoms with Crippen molar-refractivity contribution < 1.29 is 4.79 Å². The molecule has 1 heterocycles. The number of para-hydroxylation sites is 1. The van der Waals surface area contributed by atoms with Crippen molar-refractivity contribution in [1.82, 2.24) is 9.97 Å². The van der Waals surface area contributed by atoms with E-state index in [4.69, 9.17) is 0 Å². The van der Waals surface area contributed by atoms with Crippen LogP contribution in [0.5, 0.6) is 0 Å². The molecule has 0 aliphatic heterocycles. The van der Waals surface area contributed by atoms with Crippen LogP contribution in [-0.2, 0) is 0 Å². The second-order valence-electron chi connectivity index (χ2n) is 2.92. The molecule has 15 heavy (non-hydrogen) atoms. The lowest BCUT2D eigenvalue weighted by Crippen LogP contribution is -1.96. The predicted octanol–water partition coefficient (Wildman–Crippen LogP) is 2.03. The van der Waals surface area contributed by atoms with E-state index in [2.05, 4.69) is 15.3 Å². The van der Waals surface area contributed by atoms with Crippen LogP contribution < -0.4 is 5.32 Å². The number of benzene rings is 1. The normalized spacial score (nSPS) is 9.60. The van der Waals surface area contributed by atoms with E-state index in [-0.39, 0.29) is 0 Å². The topological polar surface area (TPSA) is 54.9 Å². The summed E-state index contributed by atoms with van der Waals surface area (Å²) in [6.45, 7) is 0. The molecule has 4 heteroatoms. The van der Waals surface area contributed by atoms with Crippen LogP contribution in [0.25, 0.3) is 0 Å². The van der Waals surface area contributed by atoms with E-state index in [1.807, 2.05) is 18.2 Å². The van der Waals surface area contributed by atoms with Gasteiger partial charge in [0.25, 0.3) is 0 Å². The Balaban J connectivity index is 2.28. The largest absolute Gasteiger partial charge is 0.340 e. The van der Waals surface area contributed by atoms with Gasteiger partial charge in [-0.25, -0.2) is 9.97 Å². The zero-order chi connectivity index (χ0) is 10.5. The van der Waals surface area contributed by atoms with Crippen molar-refractivity contribution in [3.05, 3.63) is 48.4 Å². The van der Waals surface area contributed by atoms with Crippen molar-refractivity contribution in [2.75, 3.05) is 5.32 Å². The van der Waals surface area contributed by atoms with Gasteiger partial charge in [0, 0.05) is 11.8 Å². The first-order valence-corrected chi connectivity index (χ1v) is 4.47. The number of hydrogen-bond donors (Lipinski definition) is 1. The van der Waals surface area contributed by atoms with E-state index in [1.54, 1.807) is 18.3 Å². The third-order valence-electron chi connectivity index (χ3n) is 1.93. The van der Waals surface area contributed by atoms with Gasteiger partial charge < -0.3 is 5.32 Å². The van der Waals surface area contributed by atoms with E-state index in [1.165, 1.54) is 6.33 Å². The van der Waals surface area contributed by atoms with Crippen molar-refractivity contribution in [2.45, 2.75) is 0 Å². The molecule has 2 aromatic rings. The second-order valence-corrected chi connectivity index (χ2v) is 2.92. The quantitative estimate of drug-likeness (QED) is 0.768. The fourth-order valence-electron chi connectivity index (χ4n) is 1.22. The molecular formula is C11H9N3O. The van der Waals surface area contributed by atoms with Crippen molar-refractivity contribution in [2.24, 2.45) is 0 Å². The standard InChI is InChI=1S/C11H9N3O/c15-7-9-3-1-2-4-10(9)14-11-5-6-12-8-13-11/h1-8H,(H,12,13,14). The Kier molecular flexibility index (Phi) is 2.69. The van der Waals surface area contributed by atoms with Crippen molar-refractivity contribution in [1.29, 1.82) is 0 Å². The molecule has 0 saturated carbocycles. The highest BCUT2D eigenvalue weighted by atomic mass is 16.1. The van der Waals surface area contributed by atoms with E-state index >= 15 is 0 Å². The van der Waals surface area contributed by atoms with Gasteiger partial charge >= 0.3 is 0 Å². The summed E-state index contributed by atoms with van der Waals surface area (Å²) in [7, 11) is 0. The Bertz CT molecular complexity index is 456. The summed E-state index contributed by atoms with van der Waals surface area (Å²) >= 11 is 0. The number of anilines is 2. The van der Waals surface area contributed by atoms with Gasteiger partial charge in [-0.05, 0) is 18.2 Å². The van der Waals surface area contributed by atoms with E-state index in [9.17, 15) is 4.79 Å². The molecule has 0 bridgehead atoms. The number of carbonyl (C=O) groups is 1. The van der Waals surface area contributed by atoms with Crippen LogP contribution in [0.3, 0.4) is 0 Å². The molecule has 1 aromatic heterocycles. The lowest BCUT2D eigenvalue weighted by atomic mass is 10.2. The number of nitrogens with one attached hydrogen (secondary N) is 1. The van der Waals surface area contributed by atoms with Crippen LogP contribution in [0.2, 0.25) is 0 Å². The number of aldehydes is 1. The van der Waals surface area contributed by atoms with Gasteiger partial charge in [-0.3, -0.25) is 4.79 Å². The van der Waals surface area contributed by atoms with Crippen LogP contribution in [0.1, 0.15) is 10.4 Å². The molecule has 74 valence electrons. The molecule has 0 amide bonds. The van der Waals surface area contributed by atoms with Crippen molar-refractivity contribution >= 4 is 17.8 Å². The first kappa shape index (κ1) is 9.33. The van der Waals surface area contributed by atoms with Gasteiger partial charge in [0.05, 0.1) is 5.69 Å². The molecule has 0 radical (unpaired) electrons. The molecule has 0 fully saturated rings. The van der Waals surface area contributed by atoms with E-state index in [0.717, 1.165) is 12.0 Å². The summed E-state index contributed by atoms with van der Waals surface area (Å²) in [6.07, 6.45) is 3.90. The summed E-state index contributed by atoms with van der Waals surface area (Å²) < 4.78 is 0. The van der Waals surface area contributed by atoms with Crippen LogP contribution in [-0.4, -0.2) is 16.3 Å². The summed E-state index contributed by atoms with van der Waals surface area (Å²) in [6, 6.07) is 8.98. The molecule has 1 N–H and O–H groups in total. The average Bonchev–Trinajstić information content (AvgIpc) is 2.31. The lowest BCUT2D eigenvalue weighted by molar-refractivity contribution is 0.112. The maximum absolute atomic E-state index is 10.7. The van der Waals surface area contributed by atoms with Crippen LogP contribution in [0, 0.1) is 0 Å². The Morgan fingerprint density at radius 1 is 1.20 bits per heavy atom. The van der Waals surface area contributed by atoms with Crippen LogP contribution >= 0.6 is 0 Å². The number of carbonyl (C=O) groups excluding carboxylic acids is 1. The summed E-state index contributed by atoms with van der Waals surface area (Å²) in [5, 5.41) is 3.04. The molecule has 0 unspecified atom stereocenters. The van der Waals surface area contributed by atoms with Gasteiger partial charge in [0.1, 0.15) is 12.1 Å². The minimum atomic E-state index is 0.608. The zero-order valence-electron chi connectivity index (χ0n) is 7.92. The second kappa shape index (κ2) is 4.32. The van der Waals surface area contributed by atoms with Gasteiger partial charge in [0.2, 0.25) is 0 Å². The third-order valence-corrected chi connectivity index (χ3v) is 1.93. The van der Waals surface area contributed by atoms with E-state index < -0.39 is 0 Å². The molecule has 0 saturated heterocycles. The highest BCUT2D eigenvalue weighted by Gasteiger charge is 2.00. The molecule has 0 aliphatic carbocycles. The average molecular weight is 199 g/mol. The Morgan fingerprint density at radius 2 is 2.07 bits per heavy atom. The van der Waals surface area contributed by atoms with E-state index in [0.29, 0.717) is 11.4 Å². The lowest BCUT2D eigenvalue weighted by Gasteiger charge is -2.06. The monoisotopic (exact) mass is 199 g/mol. The summed E-state index contributed by atoms with van der Waals surface area (Å²) in [4.78, 5) is 18.6. The van der Waals surface area contributed by atoms with Crippen molar-refractivity contribution in [3.8, 4) is 0 Å². The first-order valence-electron chi connectivity index (χ1n) is 4.47. The number of aromatic nitrogens is 2. The van der Waals surface area contributed by atoms with Gasteiger partial charge in [-0.1, -0.05) is 12.1 Å². The number of rotatable bonds is 3. The summed E-state index contributed by atoms with van der Waals surface area (Å²) in [5.41, 5.74) is 1.35. The zero-order valence-corrected chi connectivity index (χ0v) is 7.92. The molecule has 0 aliphatic rings. The SMILES string of the molecule is O=Cc1ccccc1Nc1ccncn1.